The fourth-order valence-electron chi connectivity index (χ4n) is 2.64. The molecule has 108 valence electrons. The van der Waals surface area contributed by atoms with Gasteiger partial charge in [-0.15, -0.1) is 0 Å². The normalized spacial score (nSPS) is 19.8. The van der Waals surface area contributed by atoms with Crippen molar-refractivity contribution < 1.29 is 8.42 Å². The number of piperidine rings is 1. The van der Waals surface area contributed by atoms with E-state index in [0.717, 1.165) is 12.8 Å². The van der Waals surface area contributed by atoms with Crippen LogP contribution in [0.4, 0.5) is 0 Å². The second-order valence-corrected chi connectivity index (χ2v) is 8.33. The summed E-state index contributed by atoms with van der Waals surface area (Å²) in [4.78, 5) is 0.296. The van der Waals surface area contributed by atoms with Gasteiger partial charge < -0.3 is 0 Å². The molecule has 0 bridgehead atoms. The van der Waals surface area contributed by atoms with Crippen LogP contribution in [0.25, 0.3) is 0 Å². The molecule has 0 aliphatic carbocycles. The van der Waals surface area contributed by atoms with E-state index >= 15 is 0 Å². The lowest BCUT2D eigenvalue weighted by molar-refractivity contribution is 0.154. The summed E-state index contributed by atoms with van der Waals surface area (Å²) in [5.74, 6) is 0.591. The topological polar surface area (TPSA) is 55.2 Å². The Balaban J connectivity index is 2.09. The monoisotopic (exact) mass is 285 g/mol. The smallest absolute Gasteiger partial charge is 0.246 e. The van der Waals surface area contributed by atoms with Crippen molar-refractivity contribution in [3.63, 3.8) is 0 Å². The van der Waals surface area contributed by atoms with Crippen LogP contribution in [-0.2, 0) is 17.1 Å². The Bertz CT molecular complexity index is 534. The van der Waals surface area contributed by atoms with Gasteiger partial charge in [0.05, 0.1) is 6.20 Å². The molecule has 19 heavy (non-hydrogen) atoms. The van der Waals surface area contributed by atoms with Gasteiger partial charge in [-0.3, -0.25) is 4.68 Å². The van der Waals surface area contributed by atoms with Crippen LogP contribution in [0.3, 0.4) is 0 Å². The van der Waals surface area contributed by atoms with Crippen molar-refractivity contribution >= 4 is 10.0 Å². The Labute approximate surface area is 115 Å². The molecule has 1 aromatic heterocycles. The molecule has 0 radical (unpaired) electrons. The van der Waals surface area contributed by atoms with E-state index in [-0.39, 0.29) is 5.41 Å². The van der Waals surface area contributed by atoms with Crippen LogP contribution in [0.15, 0.2) is 17.3 Å². The van der Waals surface area contributed by atoms with Gasteiger partial charge in [0.2, 0.25) is 10.0 Å². The maximum atomic E-state index is 12.4. The van der Waals surface area contributed by atoms with Crippen molar-refractivity contribution in [1.82, 2.24) is 14.1 Å². The zero-order chi connectivity index (χ0) is 14.3. The lowest BCUT2D eigenvalue weighted by Gasteiger charge is -2.38. The van der Waals surface area contributed by atoms with Gasteiger partial charge >= 0.3 is 0 Å². The molecule has 0 atom stereocenters. The van der Waals surface area contributed by atoms with Crippen LogP contribution in [0.5, 0.6) is 0 Å². The number of aryl methyl sites for hydroxylation is 1. The van der Waals surface area contributed by atoms with E-state index in [1.54, 1.807) is 17.5 Å². The van der Waals surface area contributed by atoms with Crippen LogP contribution in [0, 0.1) is 11.3 Å². The van der Waals surface area contributed by atoms with Crippen LogP contribution >= 0.6 is 0 Å². The SMILES string of the molecule is Cn1cc(S(=O)(=O)N2CCC(C(C)(C)C)CC2)cn1. The summed E-state index contributed by atoms with van der Waals surface area (Å²) in [5.41, 5.74) is 0.254. The quantitative estimate of drug-likeness (QED) is 0.833. The van der Waals surface area contributed by atoms with E-state index in [9.17, 15) is 8.42 Å². The minimum atomic E-state index is -3.36. The summed E-state index contributed by atoms with van der Waals surface area (Å²) < 4.78 is 28.0. The summed E-state index contributed by atoms with van der Waals surface area (Å²) in [6.45, 7) is 7.90. The predicted molar refractivity (Wildman–Crippen MR) is 74.1 cm³/mol. The lowest BCUT2D eigenvalue weighted by atomic mass is 9.76. The zero-order valence-electron chi connectivity index (χ0n) is 12.1. The molecule has 1 saturated heterocycles. The summed E-state index contributed by atoms with van der Waals surface area (Å²) >= 11 is 0. The van der Waals surface area contributed by atoms with E-state index in [4.69, 9.17) is 0 Å². The maximum absolute atomic E-state index is 12.4. The van der Waals surface area contributed by atoms with Crippen molar-refractivity contribution in [2.75, 3.05) is 13.1 Å². The highest BCUT2D eigenvalue weighted by Gasteiger charge is 2.34. The first kappa shape index (κ1) is 14.5. The molecule has 0 unspecified atom stereocenters. The number of rotatable bonds is 2. The van der Waals surface area contributed by atoms with Crippen molar-refractivity contribution in [1.29, 1.82) is 0 Å². The van der Waals surface area contributed by atoms with Crippen LogP contribution in [-0.4, -0.2) is 35.6 Å². The molecule has 2 heterocycles. The molecule has 1 aromatic rings. The number of hydrogen-bond donors (Lipinski definition) is 0. The highest BCUT2D eigenvalue weighted by Crippen LogP contribution is 2.35. The second-order valence-electron chi connectivity index (χ2n) is 6.39. The average Bonchev–Trinajstić information content (AvgIpc) is 2.76. The third kappa shape index (κ3) is 3.00. The molecule has 0 aromatic carbocycles. The maximum Gasteiger partial charge on any atom is 0.246 e. The van der Waals surface area contributed by atoms with Crippen LogP contribution in [0.2, 0.25) is 0 Å². The molecule has 2 rings (SSSR count). The van der Waals surface area contributed by atoms with Gasteiger partial charge in [-0.2, -0.15) is 9.40 Å². The van der Waals surface area contributed by atoms with Gasteiger partial charge in [-0.1, -0.05) is 20.8 Å². The van der Waals surface area contributed by atoms with Gasteiger partial charge in [-0.05, 0) is 24.2 Å². The molecule has 6 heteroatoms. The van der Waals surface area contributed by atoms with E-state index in [1.165, 1.54) is 10.9 Å². The molecule has 0 saturated carbocycles. The van der Waals surface area contributed by atoms with Gasteiger partial charge in [0, 0.05) is 26.3 Å². The standard InChI is InChI=1S/C13H23N3O2S/c1-13(2,3)11-5-7-16(8-6-11)19(17,18)12-9-14-15(4)10-12/h9-11H,5-8H2,1-4H3. The Morgan fingerprint density at radius 2 is 1.84 bits per heavy atom. The third-order valence-electron chi connectivity index (χ3n) is 4.00. The first-order chi connectivity index (χ1) is 8.71. The number of aromatic nitrogens is 2. The molecular weight excluding hydrogens is 262 g/mol. The molecule has 0 N–H and O–H groups in total. The molecule has 0 amide bonds. The minimum absolute atomic E-state index is 0.254. The Morgan fingerprint density at radius 3 is 2.26 bits per heavy atom. The van der Waals surface area contributed by atoms with E-state index < -0.39 is 10.0 Å². The fourth-order valence-corrected chi connectivity index (χ4v) is 4.10. The first-order valence-electron chi connectivity index (χ1n) is 6.70. The summed E-state index contributed by atoms with van der Waals surface area (Å²) in [5, 5.41) is 3.94. The predicted octanol–water partition coefficient (Wildman–Crippen LogP) is 1.87. The third-order valence-corrected chi connectivity index (χ3v) is 5.85. The Kier molecular flexibility index (Phi) is 3.75. The molecule has 5 nitrogen and oxygen atoms in total. The zero-order valence-corrected chi connectivity index (χ0v) is 12.9. The molecule has 0 spiro atoms. The highest BCUT2D eigenvalue weighted by atomic mass is 32.2. The van der Waals surface area contributed by atoms with Crippen molar-refractivity contribution in [2.24, 2.45) is 18.4 Å². The first-order valence-corrected chi connectivity index (χ1v) is 8.14. The van der Waals surface area contributed by atoms with Crippen LogP contribution in [0.1, 0.15) is 33.6 Å². The largest absolute Gasteiger partial charge is 0.274 e. The number of sulfonamides is 1. The summed E-state index contributed by atoms with van der Waals surface area (Å²) in [6.07, 6.45) is 4.85. The summed E-state index contributed by atoms with van der Waals surface area (Å²) in [6, 6.07) is 0. The van der Waals surface area contributed by atoms with Gasteiger partial charge in [0.25, 0.3) is 0 Å². The van der Waals surface area contributed by atoms with E-state index in [0.29, 0.717) is 23.9 Å². The molecular formula is C13H23N3O2S. The van der Waals surface area contributed by atoms with Gasteiger partial charge in [-0.25, -0.2) is 8.42 Å². The highest BCUT2D eigenvalue weighted by molar-refractivity contribution is 7.89. The van der Waals surface area contributed by atoms with Crippen molar-refractivity contribution in [3.8, 4) is 0 Å². The molecule has 1 fully saturated rings. The number of hydrogen-bond acceptors (Lipinski definition) is 3. The minimum Gasteiger partial charge on any atom is -0.274 e. The van der Waals surface area contributed by atoms with Crippen molar-refractivity contribution in [3.05, 3.63) is 12.4 Å². The van der Waals surface area contributed by atoms with Gasteiger partial charge in [0.15, 0.2) is 0 Å². The van der Waals surface area contributed by atoms with E-state index in [1.807, 2.05) is 0 Å². The second kappa shape index (κ2) is 4.90. The molecule has 1 aliphatic rings. The lowest BCUT2D eigenvalue weighted by Crippen LogP contribution is -2.41. The van der Waals surface area contributed by atoms with Crippen molar-refractivity contribution in [2.45, 2.75) is 38.5 Å². The summed E-state index contributed by atoms with van der Waals surface area (Å²) in [7, 11) is -1.63. The Hall–Kier alpha value is -0.880. The average molecular weight is 285 g/mol. The van der Waals surface area contributed by atoms with E-state index in [2.05, 4.69) is 25.9 Å². The Morgan fingerprint density at radius 1 is 1.26 bits per heavy atom. The number of nitrogens with zero attached hydrogens (tertiary/aromatic N) is 3. The molecule has 1 aliphatic heterocycles. The van der Waals surface area contributed by atoms with Crippen LogP contribution < -0.4 is 0 Å². The van der Waals surface area contributed by atoms with Gasteiger partial charge in [0.1, 0.15) is 4.90 Å². The fraction of sp³-hybridized carbons (Fsp3) is 0.769.